The Morgan fingerprint density at radius 1 is 1.09 bits per heavy atom. The topological polar surface area (TPSA) is 81.7 Å². The molecule has 0 spiro atoms. The summed E-state index contributed by atoms with van der Waals surface area (Å²) in [4.78, 5) is 21.5. The number of carbonyl (C=O) groups is 1. The van der Waals surface area contributed by atoms with Crippen molar-refractivity contribution in [2.45, 2.75) is 20.5 Å². The maximum Gasteiger partial charge on any atom is 0.255 e. The number of ether oxygens (including phenoxy) is 1. The number of hydrogen-bond acceptors (Lipinski definition) is 5. The second-order valence-corrected chi connectivity index (χ2v) is 7.78. The van der Waals surface area contributed by atoms with Gasteiger partial charge in [0.25, 0.3) is 5.91 Å². The van der Waals surface area contributed by atoms with Crippen LogP contribution in [-0.4, -0.2) is 20.3 Å². The molecule has 2 aromatic carbocycles. The van der Waals surface area contributed by atoms with Gasteiger partial charge in [-0.3, -0.25) is 4.79 Å². The summed E-state index contributed by atoms with van der Waals surface area (Å²) in [5.41, 5.74) is 4.86. The number of nitrogens with one attached hydrogen (secondary N) is 1. The summed E-state index contributed by atoms with van der Waals surface area (Å²) in [6, 6.07) is 18.4. The monoisotopic (exact) mass is 438 g/mol. The zero-order chi connectivity index (χ0) is 22.8. The van der Waals surface area contributed by atoms with Crippen LogP contribution in [0.25, 0.3) is 17.1 Å². The van der Waals surface area contributed by atoms with Gasteiger partial charge in [0.05, 0.1) is 11.9 Å². The maximum atomic E-state index is 12.7. The number of aromatic nitrogens is 3. The third-order valence-electron chi connectivity index (χ3n) is 5.22. The summed E-state index contributed by atoms with van der Waals surface area (Å²) < 4.78 is 13.4. The van der Waals surface area contributed by atoms with Gasteiger partial charge in [0.15, 0.2) is 0 Å². The highest BCUT2D eigenvalue weighted by molar-refractivity contribution is 6.04. The van der Waals surface area contributed by atoms with Gasteiger partial charge in [0.2, 0.25) is 5.89 Å². The minimum Gasteiger partial charge on any atom is -0.487 e. The first-order chi connectivity index (χ1) is 16.0. The predicted octanol–water partition coefficient (Wildman–Crippen LogP) is 5.44. The highest BCUT2D eigenvalue weighted by atomic mass is 16.5. The molecule has 0 saturated carbocycles. The molecule has 7 nitrogen and oxygen atoms in total. The maximum absolute atomic E-state index is 12.7. The number of amides is 1. The van der Waals surface area contributed by atoms with Crippen molar-refractivity contribution in [3.05, 3.63) is 102 Å². The van der Waals surface area contributed by atoms with Crippen LogP contribution in [-0.2, 0) is 6.61 Å². The second-order valence-electron chi connectivity index (χ2n) is 7.78. The molecule has 0 bridgehead atoms. The highest BCUT2D eigenvalue weighted by Crippen LogP contribution is 2.23. The number of anilines is 1. The summed E-state index contributed by atoms with van der Waals surface area (Å²) in [7, 11) is 0. The molecule has 0 aliphatic carbocycles. The van der Waals surface area contributed by atoms with Gasteiger partial charge in [0.1, 0.15) is 23.8 Å². The first kappa shape index (κ1) is 20.5. The SMILES string of the molecule is Cc1cnc(-c2cccc(NC(=O)c3ccc(OCc4cn5cccc(C)c5n4)cc3)c2)o1. The fourth-order valence-corrected chi connectivity index (χ4v) is 3.56. The molecule has 0 radical (unpaired) electrons. The van der Waals surface area contributed by atoms with Crippen LogP contribution in [0, 0.1) is 13.8 Å². The first-order valence-corrected chi connectivity index (χ1v) is 10.6. The van der Waals surface area contributed by atoms with Crippen molar-refractivity contribution in [2.75, 3.05) is 5.32 Å². The molecule has 0 aliphatic heterocycles. The quantitative estimate of drug-likeness (QED) is 0.382. The standard InChI is InChI=1S/C26H22N4O3/c1-17-5-4-12-30-15-22(28-24(17)30)16-32-23-10-8-19(9-11-23)25(31)29-21-7-3-6-20(13-21)26-27-14-18(2)33-26/h3-15H,16H2,1-2H3,(H,29,31). The van der Waals surface area contributed by atoms with Crippen LogP contribution >= 0.6 is 0 Å². The van der Waals surface area contributed by atoms with Crippen LogP contribution < -0.4 is 10.1 Å². The van der Waals surface area contributed by atoms with Gasteiger partial charge >= 0.3 is 0 Å². The average molecular weight is 438 g/mol. The number of rotatable bonds is 6. The molecule has 33 heavy (non-hydrogen) atoms. The van der Waals surface area contributed by atoms with E-state index in [0.717, 1.165) is 28.2 Å². The van der Waals surface area contributed by atoms with Crippen LogP contribution in [0.4, 0.5) is 5.69 Å². The van der Waals surface area contributed by atoms with Crippen LogP contribution in [0.15, 0.2) is 83.7 Å². The molecule has 0 atom stereocenters. The molecule has 164 valence electrons. The van der Waals surface area contributed by atoms with E-state index in [-0.39, 0.29) is 5.91 Å². The molecule has 0 aliphatic rings. The van der Waals surface area contributed by atoms with Crippen molar-refractivity contribution in [3.63, 3.8) is 0 Å². The van der Waals surface area contributed by atoms with Gasteiger partial charge in [0, 0.05) is 29.2 Å². The van der Waals surface area contributed by atoms with Gasteiger partial charge in [-0.05, 0) is 67.9 Å². The molecule has 0 unspecified atom stereocenters. The molecule has 0 saturated heterocycles. The van der Waals surface area contributed by atoms with E-state index in [1.54, 1.807) is 30.5 Å². The molecule has 5 rings (SSSR count). The van der Waals surface area contributed by atoms with Crippen molar-refractivity contribution in [1.82, 2.24) is 14.4 Å². The number of hydrogen-bond donors (Lipinski definition) is 1. The van der Waals surface area contributed by atoms with E-state index in [1.807, 2.05) is 67.0 Å². The number of carbonyl (C=O) groups excluding carboxylic acids is 1. The van der Waals surface area contributed by atoms with E-state index in [2.05, 4.69) is 15.3 Å². The van der Waals surface area contributed by atoms with Crippen molar-refractivity contribution in [3.8, 4) is 17.2 Å². The van der Waals surface area contributed by atoms with E-state index in [4.69, 9.17) is 9.15 Å². The number of oxazole rings is 1. The van der Waals surface area contributed by atoms with E-state index in [9.17, 15) is 4.79 Å². The van der Waals surface area contributed by atoms with Crippen LogP contribution in [0.5, 0.6) is 5.75 Å². The highest BCUT2D eigenvalue weighted by Gasteiger charge is 2.10. The lowest BCUT2D eigenvalue weighted by atomic mass is 10.1. The number of pyridine rings is 1. The number of benzene rings is 2. The van der Waals surface area contributed by atoms with Gasteiger partial charge in [-0.1, -0.05) is 12.1 Å². The fraction of sp³-hybridized carbons (Fsp3) is 0.115. The lowest BCUT2D eigenvalue weighted by Crippen LogP contribution is -2.11. The van der Waals surface area contributed by atoms with E-state index < -0.39 is 0 Å². The zero-order valence-electron chi connectivity index (χ0n) is 18.3. The predicted molar refractivity (Wildman–Crippen MR) is 125 cm³/mol. The number of nitrogens with zero attached hydrogens (tertiary/aromatic N) is 3. The molecule has 3 aromatic heterocycles. The molecule has 0 fully saturated rings. The lowest BCUT2D eigenvalue weighted by molar-refractivity contribution is 0.102. The van der Waals surface area contributed by atoms with E-state index >= 15 is 0 Å². The number of fused-ring (bicyclic) bond motifs is 1. The van der Waals surface area contributed by atoms with Crippen LogP contribution in [0.1, 0.15) is 27.4 Å². The first-order valence-electron chi connectivity index (χ1n) is 10.6. The summed E-state index contributed by atoms with van der Waals surface area (Å²) in [5, 5.41) is 2.91. The lowest BCUT2D eigenvalue weighted by Gasteiger charge is -2.08. The van der Waals surface area contributed by atoms with Gasteiger partial charge in [-0.2, -0.15) is 0 Å². The average Bonchev–Trinajstić information content (AvgIpc) is 3.45. The number of aryl methyl sites for hydroxylation is 2. The third-order valence-corrected chi connectivity index (χ3v) is 5.22. The molecular weight excluding hydrogens is 416 g/mol. The minimum atomic E-state index is -0.210. The Bertz CT molecular complexity index is 1430. The van der Waals surface area contributed by atoms with Crippen molar-refractivity contribution < 1.29 is 13.9 Å². The molecule has 1 N–H and O–H groups in total. The van der Waals surface area contributed by atoms with E-state index in [0.29, 0.717) is 29.5 Å². The molecule has 5 aromatic rings. The third kappa shape index (κ3) is 4.48. The van der Waals surface area contributed by atoms with Crippen LogP contribution in [0.3, 0.4) is 0 Å². The second kappa shape index (κ2) is 8.63. The van der Waals surface area contributed by atoms with Gasteiger partial charge in [-0.15, -0.1) is 0 Å². The largest absolute Gasteiger partial charge is 0.487 e. The molecular formula is C26H22N4O3. The summed E-state index contributed by atoms with van der Waals surface area (Å²) in [6.45, 7) is 4.22. The van der Waals surface area contributed by atoms with Crippen molar-refractivity contribution >= 4 is 17.2 Å². The Morgan fingerprint density at radius 2 is 1.94 bits per heavy atom. The smallest absolute Gasteiger partial charge is 0.255 e. The summed E-state index contributed by atoms with van der Waals surface area (Å²) >= 11 is 0. The summed E-state index contributed by atoms with van der Waals surface area (Å²) in [6.07, 6.45) is 5.59. The van der Waals surface area contributed by atoms with Crippen molar-refractivity contribution in [2.24, 2.45) is 0 Å². The molecule has 1 amide bonds. The minimum absolute atomic E-state index is 0.210. The molecule has 7 heteroatoms. The Hall–Kier alpha value is -4.39. The van der Waals surface area contributed by atoms with Crippen molar-refractivity contribution in [1.29, 1.82) is 0 Å². The Balaban J connectivity index is 1.23. The Morgan fingerprint density at radius 3 is 2.70 bits per heavy atom. The zero-order valence-corrected chi connectivity index (χ0v) is 18.3. The fourth-order valence-electron chi connectivity index (χ4n) is 3.56. The summed E-state index contributed by atoms with van der Waals surface area (Å²) in [5.74, 6) is 1.71. The Kier molecular flexibility index (Phi) is 5.36. The number of imidazole rings is 1. The van der Waals surface area contributed by atoms with E-state index in [1.165, 1.54) is 0 Å². The molecule has 3 heterocycles. The van der Waals surface area contributed by atoms with Crippen LogP contribution in [0.2, 0.25) is 0 Å². The van der Waals surface area contributed by atoms with Gasteiger partial charge < -0.3 is 18.9 Å². The Labute approximate surface area is 190 Å². The normalized spacial score (nSPS) is 11.0. The van der Waals surface area contributed by atoms with Gasteiger partial charge in [-0.25, -0.2) is 9.97 Å².